The van der Waals surface area contributed by atoms with E-state index in [9.17, 15) is 21.6 Å². The standard InChI is InChI=1S/C15H19NO5S2/c17-15(16-8-1-2-9-16)12-3-5-13(6-4-12)23(20,21)14-7-10-22(18,19)11-14/h3-6,14H,1-2,7-11H2/t14-/m1/s1. The Labute approximate surface area is 136 Å². The molecule has 2 aliphatic rings. The van der Waals surface area contributed by atoms with Crippen LogP contribution in [-0.2, 0) is 19.7 Å². The van der Waals surface area contributed by atoms with Crippen molar-refractivity contribution in [1.82, 2.24) is 4.90 Å². The molecule has 2 heterocycles. The minimum absolute atomic E-state index is 0.0809. The van der Waals surface area contributed by atoms with Gasteiger partial charge in [-0.1, -0.05) is 0 Å². The third-order valence-electron chi connectivity index (χ3n) is 4.45. The van der Waals surface area contributed by atoms with Crippen LogP contribution in [0.15, 0.2) is 29.2 Å². The van der Waals surface area contributed by atoms with Crippen molar-refractivity contribution >= 4 is 25.6 Å². The molecule has 2 saturated heterocycles. The first-order valence-electron chi connectivity index (χ1n) is 7.63. The Morgan fingerprint density at radius 1 is 1.09 bits per heavy atom. The quantitative estimate of drug-likeness (QED) is 0.801. The molecule has 0 bridgehead atoms. The van der Waals surface area contributed by atoms with Gasteiger partial charge in [-0.3, -0.25) is 4.79 Å². The number of hydrogen-bond donors (Lipinski definition) is 0. The molecule has 23 heavy (non-hydrogen) atoms. The van der Waals surface area contributed by atoms with Crippen LogP contribution in [0.1, 0.15) is 29.6 Å². The Kier molecular flexibility index (Phi) is 4.22. The van der Waals surface area contributed by atoms with E-state index in [1.165, 1.54) is 24.3 Å². The summed E-state index contributed by atoms with van der Waals surface area (Å²) in [6, 6.07) is 5.83. The zero-order chi connectivity index (χ0) is 16.7. The summed E-state index contributed by atoms with van der Waals surface area (Å²) >= 11 is 0. The lowest BCUT2D eigenvalue weighted by molar-refractivity contribution is 0.0792. The van der Waals surface area contributed by atoms with Crippen molar-refractivity contribution < 1.29 is 21.6 Å². The zero-order valence-electron chi connectivity index (χ0n) is 12.6. The van der Waals surface area contributed by atoms with Crippen molar-refractivity contribution in [3.05, 3.63) is 29.8 Å². The van der Waals surface area contributed by atoms with E-state index >= 15 is 0 Å². The van der Waals surface area contributed by atoms with Crippen LogP contribution in [0, 0.1) is 0 Å². The summed E-state index contributed by atoms with van der Waals surface area (Å²) in [5.74, 6) is -0.485. The van der Waals surface area contributed by atoms with Gasteiger partial charge in [-0.15, -0.1) is 0 Å². The lowest BCUT2D eigenvalue weighted by Gasteiger charge is -2.15. The second-order valence-electron chi connectivity index (χ2n) is 6.09. The summed E-state index contributed by atoms with van der Waals surface area (Å²) in [6.07, 6.45) is 2.13. The lowest BCUT2D eigenvalue weighted by Crippen LogP contribution is -2.27. The highest BCUT2D eigenvalue weighted by atomic mass is 32.2. The average Bonchev–Trinajstić information content (AvgIpc) is 3.16. The Hall–Kier alpha value is -1.41. The molecule has 0 saturated carbocycles. The number of carbonyl (C=O) groups excluding carboxylic acids is 1. The highest BCUT2D eigenvalue weighted by Crippen LogP contribution is 2.26. The second kappa shape index (κ2) is 5.90. The molecule has 1 aromatic rings. The Bertz CT molecular complexity index is 806. The number of carbonyl (C=O) groups is 1. The number of likely N-dealkylation sites (tertiary alicyclic amines) is 1. The Morgan fingerprint density at radius 3 is 2.22 bits per heavy atom. The molecule has 0 unspecified atom stereocenters. The Balaban J connectivity index is 1.80. The third kappa shape index (κ3) is 3.28. The fraction of sp³-hybridized carbons (Fsp3) is 0.533. The minimum atomic E-state index is -3.68. The van der Waals surface area contributed by atoms with Crippen molar-refractivity contribution in [1.29, 1.82) is 0 Å². The molecule has 1 atom stereocenters. The van der Waals surface area contributed by atoms with Crippen molar-refractivity contribution in [2.24, 2.45) is 0 Å². The lowest BCUT2D eigenvalue weighted by atomic mass is 10.2. The van der Waals surface area contributed by atoms with Crippen LogP contribution in [0.3, 0.4) is 0 Å². The number of hydrogen-bond acceptors (Lipinski definition) is 5. The predicted octanol–water partition coefficient (Wildman–Crippen LogP) is 0.883. The first kappa shape index (κ1) is 16.4. The van der Waals surface area contributed by atoms with Gasteiger partial charge in [-0.25, -0.2) is 16.8 Å². The zero-order valence-corrected chi connectivity index (χ0v) is 14.3. The van der Waals surface area contributed by atoms with E-state index in [0.29, 0.717) is 5.56 Å². The fourth-order valence-corrected chi connectivity index (χ4v) is 7.45. The van der Waals surface area contributed by atoms with Gasteiger partial charge in [0.05, 0.1) is 21.7 Å². The predicted molar refractivity (Wildman–Crippen MR) is 85.8 cm³/mol. The molecule has 0 radical (unpaired) electrons. The smallest absolute Gasteiger partial charge is 0.253 e. The van der Waals surface area contributed by atoms with Crippen LogP contribution in [0.25, 0.3) is 0 Å². The van der Waals surface area contributed by atoms with Gasteiger partial charge in [0.2, 0.25) is 0 Å². The maximum Gasteiger partial charge on any atom is 0.253 e. The van der Waals surface area contributed by atoms with E-state index in [0.717, 1.165) is 25.9 Å². The second-order valence-corrected chi connectivity index (χ2v) is 10.6. The van der Waals surface area contributed by atoms with Gasteiger partial charge >= 0.3 is 0 Å². The van der Waals surface area contributed by atoms with Gasteiger partial charge in [-0.05, 0) is 43.5 Å². The molecular formula is C15H19NO5S2. The van der Waals surface area contributed by atoms with Crippen LogP contribution in [0.5, 0.6) is 0 Å². The minimum Gasteiger partial charge on any atom is -0.339 e. The molecular weight excluding hydrogens is 338 g/mol. The third-order valence-corrected chi connectivity index (χ3v) is 8.64. The van der Waals surface area contributed by atoms with Crippen molar-refractivity contribution in [3.63, 3.8) is 0 Å². The van der Waals surface area contributed by atoms with Gasteiger partial charge < -0.3 is 4.90 Å². The molecule has 1 amide bonds. The molecule has 8 heteroatoms. The maximum atomic E-state index is 12.5. The Morgan fingerprint density at radius 2 is 1.70 bits per heavy atom. The molecule has 3 rings (SSSR count). The molecule has 0 N–H and O–H groups in total. The monoisotopic (exact) mass is 357 g/mol. The fourth-order valence-electron chi connectivity index (χ4n) is 3.09. The summed E-state index contributed by atoms with van der Waals surface area (Å²) in [5, 5.41) is -0.882. The van der Waals surface area contributed by atoms with Crippen LogP contribution < -0.4 is 0 Å². The molecule has 6 nitrogen and oxygen atoms in total. The summed E-state index contributed by atoms with van der Waals surface area (Å²) in [4.78, 5) is 14.1. The number of benzene rings is 1. The van der Waals surface area contributed by atoms with Gasteiger partial charge in [0, 0.05) is 18.7 Å². The molecule has 0 spiro atoms. The van der Waals surface area contributed by atoms with Gasteiger partial charge in [0.1, 0.15) is 0 Å². The highest BCUT2D eigenvalue weighted by molar-refractivity contribution is 7.96. The van der Waals surface area contributed by atoms with E-state index in [-0.39, 0.29) is 28.7 Å². The summed E-state index contributed by atoms with van der Waals surface area (Å²) in [7, 11) is -6.93. The normalized spacial score (nSPS) is 24.0. The van der Waals surface area contributed by atoms with Gasteiger partial charge in [0.25, 0.3) is 5.91 Å². The molecule has 1 aromatic carbocycles. The summed E-state index contributed by atoms with van der Waals surface area (Å²) < 4.78 is 48.0. The van der Waals surface area contributed by atoms with E-state index in [2.05, 4.69) is 0 Å². The largest absolute Gasteiger partial charge is 0.339 e. The number of amides is 1. The summed E-state index contributed by atoms with van der Waals surface area (Å²) in [6.45, 7) is 1.47. The van der Waals surface area contributed by atoms with E-state index < -0.39 is 24.9 Å². The molecule has 0 aromatic heterocycles. The van der Waals surface area contributed by atoms with Crippen molar-refractivity contribution in [2.45, 2.75) is 29.4 Å². The first-order chi connectivity index (χ1) is 10.8. The molecule has 126 valence electrons. The van der Waals surface area contributed by atoms with Crippen molar-refractivity contribution in [3.8, 4) is 0 Å². The van der Waals surface area contributed by atoms with E-state index in [4.69, 9.17) is 0 Å². The van der Waals surface area contributed by atoms with Gasteiger partial charge in [-0.2, -0.15) is 0 Å². The number of sulfone groups is 2. The van der Waals surface area contributed by atoms with Crippen LogP contribution in [-0.4, -0.2) is 57.5 Å². The van der Waals surface area contributed by atoms with E-state index in [1.807, 2.05) is 0 Å². The van der Waals surface area contributed by atoms with Crippen molar-refractivity contribution in [2.75, 3.05) is 24.6 Å². The molecule has 2 fully saturated rings. The van der Waals surface area contributed by atoms with Crippen LogP contribution in [0.2, 0.25) is 0 Å². The maximum absolute atomic E-state index is 12.5. The SMILES string of the molecule is O=C(c1ccc(S(=O)(=O)[C@@H]2CCS(=O)(=O)C2)cc1)N1CCCC1. The van der Waals surface area contributed by atoms with Gasteiger partial charge in [0.15, 0.2) is 19.7 Å². The number of rotatable bonds is 3. The molecule has 0 aliphatic carbocycles. The van der Waals surface area contributed by atoms with E-state index in [1.54, 1.807) is 4.90 Å². The van der Waals surface area contributed by atoms with Crippen LogP contribution >= 0.6 is 0 Å². The summed E-state index contributed by atoms with van der Waals surface area (Å²) in [5.41, 5.74) is 0.463. The highest BCUT2D eigenvalue weighted by Gasteiger charge is 2.38. The number of nitrogens with zero attached hydrogens (tertiary/aromatic N) is 1. The first-order valence-corrected chi connectivity index (χ1v) is 11.0. The average molecular weight is 357 g/mol. The van der Waals surface area contributed by atoms with Crippen LogP contribution in [0.4, 0.5) is 0 Å². The molecule has 2 aliphatic heterocycles. The topological polar surface area (TPSA) is 88.6 Å².